The molecule has 0 heterocycles. The Morgan fingerprint density at radius 1 is 1.00 bits per heavy atom. The van der Waals surface area contributed by atoms with Crippen LogP contribution in [0.25, 0.3) is 5.57 Å². The molecule has 0 fully saturated rings. The molecule has 0 atom stereocenters. The van der Waals surface area contributed by atoms with Crippen LogP contribution in [0.15, 0.2) is 66.1 Å². The highest BCUT2D eigenvalue weighted by Crippen LogP contribution is 2.21. The topological polar surface area (TPSA) is 34.1 Å². The number of rotatable bonds is 4. The molecule has 2 aromatic carbocycles. The highest BCUT2D eigenvalue weighted by atomic mass is 35.5. The highest BCUT2D eigenvalue weighted by molar-refractivity contribution is 7.91. The average Bonchev–Trinajstić information content (AvgIpc) is 2.40. The molecule has 0 aliphatic carbocycles. The first-order valence-electron chi connectivity index (χ1n) is 5.70. The first-order chi connectivity index (χ1) is 8.99. The van der Waals surface area contributed by atoms with Crippen molar-refractivity contribution in [1.82, 2.24) is 0 Å². The standard InChI is InChI=1S/C15H13ClO2S/c1-12(13-7-9-14(16)10-8-13)11-19(17,18)15-5-3-2-4-6-15/h2-10H,1,11H2. The molecule has 2 aromatic rings. The van der Waals surface area contributed by atoms with E-state index < -0.39 is 9.84 Å². The van der Waals surface area contributed by atoms with E-state index in [1.165, 1.54) is 0 Å². The number of hydrogen-bond donors (Lipinski definition) is 0. The van der Waals surface area contributed by atoms with Gasteiger partial charge >= 0.3 is 0 Å². The predicted molar refractivity (Wildman–Crippen MR) is 79.0 cm³/mol. The van der Waals surface area contributed by atoms with Gasteiger partial charge in [0.2, 0.25) is 0 Å². The first-order valence-corrected chi connectivity index (χ1v) is 7.73. The molecule has 0 saturated carbocycles. The molecule has 0 unspecified atom stereocenters. The summed E-state index contributed by atoms with van der Waals surface area (Å²) in [6.45, 7) is 3.84. The summed E-state index contributed by atoms with van der Waals surface area (Å²) < 4.78 is 24.4. The van der Waals surface area contributed by atoms with E-state index in [4.69, 9.17) is 11.6 Å². The van der Waals surface area contributed by atoms with E-state index >= 15 is 0 Å². The summed E-state index contributed by atoms with van der Waals surface area (Å²) in [5.41, 5.74) is 1.34. The first kappa shape index (κ1) is 13.8. The van der Waals surface area contributed by atoms with Gasteiger partial charge in [-0.05, 0) is 35.4 Å². The summed E-state index contributed by atoms with van der Waals surface area (Å²) in [5.74, 6) is -0.0986. The van der Waals surface area contributed by atoms with Crippen LogP contribution in [0.5, 0.6) is 0 Å². The third-order valence-corrected chi connectivity index (χ3v) is 4.69. The van der Waals surface area contributed by atoms with Gasteiger partial charge < -0.3 is 0 Å². The molecule has 0 radical (unpaired) electrons. The molecule has 4 heteroatoms. The Bertz CT molecular complexity index is 674. The van der Waals surface area contributed by atoms with Crippen molar-refractivity contribution in [2.45, 2.75) is 4.90 Å². The van der Waals surface area contributed by atoms with E-state index in [0.29, 0.717) is 15.5 Å². The van der Waals surface area contributed by atoms with Crippen molar-refractivity contribution in [2.24, 2.45) is 0 Å². The minimum Gasteiger partial charge on any atom is -0.223 e. The van der Waals surface area contributed by atoms with E-state index in [1.807, 2.05) is 0 Å². The zero-order valence-corrected chi connectivity index (χ0v) is 11.8. The van der Waals surface area contributed by atoms with Crippen LogP contribution in [0, 0.1) is 0 Å². The van der Waals surface area contributed by atoms with Crippen LogP contribution >= 0.6 is 11.6 Å². The molecule has 98 valence electrons. The molecular weight excluding hydrogens is 280 g/mol. The highest BCUT2D eigenvalue weighted by Gasteiger charge is 2.16. The largest absolute Gasteiger partial charge is 0.223 e. The Morgan fingerprint density at radius 3 is 2.16 bits per heavy atom. The maximum atomic E-state index is 12.2. The molecule has 19 heavy (non-hydrogen) atoms. The fraction of sp³-hybridized carbons (Fsp3) is 0.0667. The summed E-state index contributed by atoms with van der Waals surface area (Å²) in [5, 5.41) is 0.613. The summed E-state index contributed by atoms with van der Waals surface area (Å²) >= 11 is 5.80. The molecule has 2 nitrogen and oxygen atoms in total. The molecule has 2 rings (SSSR count). The van der Waals surface area contributed by atoms with Crippen LogP contribution in [-0.4, -0.2) is 14.2 Å². The van der Waals surface area contributed by atoms with Crippen molar-refractivity contribution in [3.63, 3.8) is 0 Å². The average molecular weight is 293 g/mol. The number of sulfone groups is 1. The molecule has 0 spiro atoms. The minimum atomic E-state index is -3.35. The van der Waals surface area contributed by atoms with Crippen molar-refractivity contribution in [3.8, 4) is 0 Å². The van der Waals surface area contributed by atoms with Gasteiger partial charge in [0.05, 0.1) is 10.6 Å². The van der Waals surface area contributed by atoms with Crippen LogP contribution in [0.2, 0.25) is 5.02 Å². The Hall–Kier alpha value is -1.58. The fourth-order valence-electron chi connectivity index (χ4n) is 1.71. The lowest BCUT2D eigenvalue weighted by molar-refractivity contribution is 0.599. The number of halogens is 1. The quantitative estimate of drug-likeness (QED) is 0.858. The smallest absolute Gasteiger partial charge is 0.182 e. The van der Waals surface area contributed by atoms with Gasteiger partial charge in [0.1, 0.15) is 0 Å². The molecular formula is C15H13ClO2S. The SMILES string of the molecule is C=C(CS(=O)(=O)c1ccccc1)c1ccc(Cl)cc1. The summed E-state index contributed by atoms with van der Waals surface area (Å²) in [7, 11) is -3.35. The molecule has 0 saturated heterocycles. The van der Waals surface area contributed by atoms with Crippen molar-refractivity contribution in [2.75, 3.05) is 5.75 Å². The molecule has 0 amide bonds. The van der Waals surface area contributed by atoms with Crippen LogP contribution < -0.4 is 0 Å². The molecule has 0 N–H and O–H groups in total. The third kappa shape index (κ3) is 3.46. The van der Waals surface area contributed by atoms with Crippen LogP contribution in [0.1, 0.15) is 5.56 Å². The van der Waals surface area contributed by atoms with Crippen molar-refractivity contribution >= 4 is 27.0 Å². The van der Waals surface area contributed by atoms with Crippen LogP contribution in [0.3, 0.4) is 0 Å². The Morgan fingerprint density at radius 2 is 1.58 bits per heavy atom. The normalized spacial score (nSPS) is 11.2. The lowest BCUT2D eigenvalue weighted by Crippen LogP contribution is -2.08. The van der Waals surface area contributed by atoms with E-state index in [-0.39, 0.29) is 5.75 Å². The maximum Gasteiger partial charge on any atom is 0.182 e. The van der Waals surface area contributed by atoms with Crippen LogP contribution in [0.4, 0.5) is 0 Å². The lowest BCUT2D eigenvalue weighted by atomic mass is 10.1. The molecule has 0 aliphatic rings. The predicted octanol–water partition coefficient (Wildman–Crippen LogP) is 3.83. The van der Waals surface area contributed by atoms with Crippen molar-refractivity contribution in [1.29, 1.82) is 0 Å². The lowest BCUT2D eigenvalue weighted by Gasteiger charge is -2.07. The van der Waals surface area contributed by atoms with Gasteiger partial charge in [0, 0.05) is 5.02 Å². The molecule has 0 bridgehead atoms. The zero-order chi connectivity index (χ0) is 13.9. The van der Waals surface area contributed by atoms with Gasteiger partial charge in [-0.3, -0.25) is 0 Å². The Labute approximate surface area is 118 Å². The third-order valence-electron chi connectivity index (χ3n) is 2.72. The number of hydrogen-bond acceptors (Lipinski definition) is 2. The second-order valence-electron chi connectivity index (χ2n) is 4.18. The Balaban J connectivity index is 2.22. The summed E-state index contributed by atoms with van der Waals surface area (Å²) in [6, 6.07) is 15.3. The fourth-order valence-corrected chi connectivity index (χ4v) is 3.20. The second-order valence-corrected chi connectivity index (χ2v) is 6.61. The maximum absolute atomic E-state index is 12.2. The van der Waals surface area contributed by atoms with Crippen molar-refractivity contribution in [3.05, 3.63) is 71.8 Å². The van der Waals surface area contributed by atoms with Crippen molar-refractivity contribution < 1.29 is 8.42 Å². The molecule has 0 aromatic heterocycles. The molecule has 0 aliphatic heterocycles. The van der Waals surface area contributed by atoms with E-state index in [2.05, 4.69) is 6.58 Å². The minimum absolute atomic E-state index is 0.0986. The van der Waals surface area contributed by atoms with Gasteiger partial charge in [-0.25, -0.2) is 8.42 Å². The monoisotopic (exact) mass is 292 g/mol. The van der Waals surface area contributed by atoms with Gasteiger partial charge in [-0.2, -0.15) is 0 Å². The second kappa shape index (κ2) is 5.59. The van der Waals surface area contributed by atoms with Gasteiger partial charge in [0.25, 0.3) is 0 Å². The van der Waals surface area contributed by atoms with E-state index in [0.717, 1.165) is 5.56 Å². The van der Waals surface area contributed by atoms with E-state index in [1.54, 1.807) is 54.6 Å². The van der Waals surface area contributed by atoms with Gasteiger partial charge in [-0.15, -0.1) is 0 Å². The van der Waals surface area contributed by atoms with Gasteiger partial charge in [-0.1, -0.05) is 48.5 Å². The summed E-state index contributed by atoms with van der Waals surface area (Å²) in [6.07, 6.45) is 0. The Kier molecular flexibility index (Phi) is 4.08. The van der Waals surface area contributed by atoms with E-state index in [9.17, 15) is 8.42 Å². The number of benzene rings is 2. The van der Waals surface area contributed by atoms with Gasteiger partial charge in [0.15, 0.2) is 9.84 Å². The zero-order valence-electron chi connectivity index (χ0n) is 10.2. The van der Waals surface area contributed by atoms with Crippen LogP contribution in [-0.2, 0) is 9.84 Å². The summed E-state index contributed by atoms with van der Waals surface area (Å²) in [4.78, 5) is 0.310.